The van der Waals surface area contributed by atoms with E-state index in [0.717, 1.165) is 0 Å². The molecule has 102 valence electrons. The lowest BCUT2D eigenvalue weighted by Gasteiger charge is -2.10. The molecule has 0 aromatic carbocycles. The van der Waals surface area contributed by atoms with Crippen molar-refractivity contribution in [1.29, 1.82) is 0 Å². The Morgan fingerprint density at radius 3 is 2.33 bits per heavy atom. The van der Waals surface area contributed by atoms with E-state index in [1.165, 1.54) is 13.8 Å². The zero-order valence-electron chi connectivity index (χ0n) is 10.4. The van der Waals surface area contributed by atoms with Crippen LogP contribution in [0.1, 0.15) is 20.3 Å². The van der Waals surface area contributed by atoms with Gasteiger partial charge in [0.25, 0.3) is 0 Å². The van der Waals surface area contributed by atoms with Crippen LogP contribution >= 0.6 is 0 Å². The van der Waals surface area contributed by atoms with Gasteiger partial charge in [-0.25, -0.2) is 13.2 Å². The lowest BCUT2D eigenvalue weighted by atomic mass is 10.1. The highest BCUT2D eigenvalue weighted by molar-refractivity contribution is 7.91. The van der Waals surface area contributed by atoms with Gasteiger partial charge >= 0.3 is 5.97 Å². The molecule has 1 heterocycles. The van der Waals surface area contributed by atoms with Gasteiger partial charge < -0.3 is 10.4 Å². The van der Waals surface area contributed by atoms with Crippen LogP contribution in [0.2, 0.25) is 0 Å². The molecule has 0 saturated carbocycles. The quantitative estimate of drug-likeness (QED) is 0.701. The molecule has 0 aromatic heterocycles. The van der Waals surface area contributed by atoms with E-state index in [1.807, 2.05) is 0 Å². The van der Waals surface area contributed by atoms with E-state index in [0.29, 0.717) is 6.42 Å². The fourth-order valence-electron chi connectivity index (χ4n) is 1.73. The minimum absolute atomic E-state index is 0.00783. The van der Waals surface area contributed by atoms with Crippen molar-refractivity contribution in [2.45, 2.75) is 20.3 Å². The Morgan fingerprint density at radius 2 is 1.89 bits per heavy atom. The van der Waals surface area contributed by atoms with E-state index in [1.54, 1.807) is 0 Å². The second kappa shape index (κ2) is 5.51. The van der Waals surface area contributed by atoms with Crippen LogP contribution in [0.15, 0.2) is 11.1 Å². The first-order chi connectivity index (χ1) is 8.23. The molecule has 0 spiro atoms. The number of aliphatic carboxylic acids is 1. The highest BCUT2D eigenvalue weighted by Crippen LogP contribution is 2.17. The monoisotopic (exact) mass is 275 g/mol. The predicted molar refractivity (Wildman–Crippen MR) is 65.8 cm³/mol. The van der Waals surface area contributed by atoms with Crippen molar-refractivity contribution in [3.63, 3.8) is 0 Å². The predicted octanol–water partition coefficient (Wildman–Crippen LogP) is -0.0417. The third-order valence-corrected chi connectivity index (χ3v) is 4.94. The summed E-state index contributed by atoms with van der Waals surface area (Å²) in [6.45, 7) is 3.06. The number of nitrogens with one attached hydrogen (secondary N) is 1. The average molecular weight is 275 g/mol. The molecule has 1 aliphatic rings. The molecule has 1 unspecified atom stereocenters. The highest BCUT2D eigenvalue weighted by Gasteiger charge is 2.28. The molecular formula is C11H17NO5S. The second-order valence-corrected chi connectivity index (χ2v) is 6.76. The molecule has 7 heteroatoms. The van der Waals surface area contributed by atoms with Crippen molar-refractivity contribution in [3.05, 3.63) is 11.1 Å². The van der Waals surface area contributed by atoms with Crippen LogP contribution in [0.3, 0.4) is 0 Å². The molecular weight excluding hydrogens is 258 g/mol. The average Bonchev–Trinajstić information content (AvgIpc) is 2.63. The zero-order valence-corrected chi connectivity index (χ0v) is 11.2. The van der Waals surface area contributed by atoms with Gasteiger partial charge in [-0.1, -0.05) is 0 Å². The third kappa shape index (κ3) is 3.83. The van der Waals surface area contributed by atoms with Crippen molar-refractivity contribution in [1.82, 2.24) is 5.32 Å². The first kappa shape index (κ1) is 14.7. The molecule has 0 radical (unpaired) electrons. The largest absolute Gasteiger partial charge is 0.478 e. The Labute approximate surface area is 106 Å². The molecule has 0 aromatic rings. The van der Waals surface area contributed by atoms with Crippen LogP contribution in [0.4, 0.5) is 0 Å². The van der Waals surface area contributed by atoms with E-state index in [-0.39, 0.29) is 35.1 Å². The van der Waals surface area contributed by atoms with Crippen molar-refractivity contribution >= 4 is 21.7 Å². The van der Waals surface area contributed by atoms with Crippen LogP contribution in [-0.2, 0) is 19.4 Å². The number of carboxylic acid groups (broad SMARTS) is 1. The standard InChI is InChI=1S/C11H17NO5S/c1-7(8(2)11(14)15)10(13)12-5-9-3-4-18(16,17)6-9/h9H,3-6H2,1-2H3,(H,12,13)(H,14,15). The highest BCUT2D eigenvalue weighted by atomic mass is 32.2. The molecule has 6 nitrogen and oxygen atoms in total. The van der Waals surface area contributed by atoms with Gasteiger partial charge in [-0.2, -0.15) is 0 Å². The first-order valence-corrected chi connectivity index (χ1v) is 7.44. The number of sulfone groups is 1. The number of amides is 1. The van der Waals surface area contributed by atoms with Crippen LogP contribution in [0, 0.1) is 5.92 Å². The van der Waals surface area contributed by atoms with Gasteiger partial charge in [0, 0.05) is 17.7 Å². The van der Waals surface area contributed by atoms with E-state index >= 15 is 0 Å². The van der Waals surface area contributed by atoms with E-state index in [2.05, 4.69) is 5.32 Å². The number of carbonyl (C=O) groups is 2. The Hall–Kier alpha value is -1.37. The SMILES string of the molecule is CC(C(=O)O)=C(C)C(=O)NCC1CCS(=O)(=O)C1. The minimum Gasteiger partial charge on any atom is -0.478 e. The van der Waals surface area contributed by atoms with Crippen LogP contribution in [-0.4, -0.2) is 43.5 Å². The van der Waals surface area contributed by atoms with Crippen LogP contribution in [0.25, 0.3) is 0 Å². The molecule has 1 aliphatic heterocycles. The Balaban J connectivity index is 2.53. The maximum atomic E-state index is 11.6. The van der Waals surface area contributed by atoms with Crippen molar-refractivity contribution in [3.8, 4) is 0 Å². The summed E-state index contributed by atoms with van der Waals surface area (Å²) in [4.78, 5) is 22.3. The molecule has 1 fully saturated rings. The molecule has 0 bridgehead atoms. The van der Waals surface area contributed by atoms with E-state index in [4.69, 9.17) is 5.11 Å². The van der Waals surface area contributed by atoms with Crippen molar-refractivity contribution in [2.75, 3.05) is 18.1 Å². The summed E-state index contributed by atoms with van der Waals surface area (Å²) >= 11 is 0. The maximum Gasteiger partial charge on any atom is 0.331 e. The van der Waals surface area contributed by atoms with E-state index in [9.17, 15) is 18.0 Å². The van der Waals surface area contributed by atoms with E-state index < -0.39 is 21.7 Å². The summed E-state index contributed by atoms with van der Waals surface area (Å²) in [6, 6.07) is 0. The Kier molecular flexibility index (Phi) is 4.50. The molecule has 18 heavy (non-hydrogen) atoms. The number of carbonyl (C=O) groups excluding carboxylic acids is 1. The minimum atomic E-state index is -2.95. The fraction of sp³-hybridized carbons (Fsp3) is 0.636. The van der Waals surface area contributed by atoms with Crippen molar-refractivity contribution in [2.24, 2.45) is 5.92 Å². The zero-order chi connectivity index (χ0) is 13.9. The lowest BCUT2D eigenvalue weighted by Crippen LogP contribution is -2.31. The van der Waals surface area contributed by atoms with Crippen LogP contribution in [0.5, 0.6) is 0 Å². The van der Waals surface area contributed by atoms with Gasteiger partial charge in [0.2, 0.25) is 5.91 Å². The first-order valence-electron chi connectivity index (χ1n) is 5.62. The summed E-state index contributed by atoms with van der Waals surface area (Å²) in [5, 5.41) is 11.3. The number of hydrogen-bond donors (Lipinski definition) is 2. The third-order valence-electron chi connectivity index (χ3n) is 3.10. The summed E-state index contributed by atoms with van der Waals surface area (Å²) in [5.41, 5.74) is 0.134. The molecule has 1 atom stereocenters. The van der Waals surface area contributed by atoms with Gasteiger partial charge in [0.15, 0.2) is 9.84 Å². The topological polar surface area (TPSA) is 101 Å². The smallest absolute Gasteiger partial charge is 0.331 e. The molecule has 0 aliphatic carbocycles. The fourth-order valence-corrected chi connectivity index (χ4v) is 3.60. The summed E-state index contributed by atoms with van der Waals surface area (Å²) in [5.74, 6) is -1.41. The summed E-state index contributed by atoms with van der Waals surface area (Å²) < 4.78 is 22.4. The number of carboxylic acids is 1. The molecule has 1 rings (SSSR count). The summed E-state index contributed by atoms with van der Waals surface area (Å²) in [7, 11) is -2.95. The van der Waals surface area contributed by atoms with Gasteiger partial charge in [-0.15, -0.1) is 0 Å². The maximum absolute atomic E-state index is 11.6. The Morgan fingerprint density at radius 1 is 1.28 bits per heavy atom. The Bertz CT molecular complexity index is 492. The molecule has 2 N–H and O–H groups in total. The van der Waals surface area contributed by atoms with Crippen LogP contribution < -0.4 is 5.32 Å². The molecule has 1 amide bonds. The normalized spacial score (nSPS) is 23.3. The van der Waals surface area contributed by atoms with Gasteiger partial charge in [-0.3, -0.25) is 4.79 Å². The van der Waals surface area contributed by atoms with Gasteiger partial charge in [0.1, 0.15) is 0 Å². The van der Waals surface area contributed by atoms with Gasteiger partial charge in [0.05, 0.1) is 11.5 Å². The van der Waals surface area contributed by atoms with Crippen molar-refractivity contribution < 1.29 is 23.1 Å². The molecule has 1 saturated heterocycles. The second-order valence-electron chi connectivity index (χ2n) is 4.53. The summed E-state index contributed by atoms with van der Waals surface area (Å²) in [6.07, 6.45) is 0.545. The number of rotatable bonds is 4. The lowest BCUT2D eigenvalue weighted by molar-refractivity contribution is -0.133. The van der Waals surface area contributed by atoms with Gasteiger partial charge in [-0.05, 0) is 26.2 Å². The number of hydrogen-bond acceptors (Lipinski definition) is 4.